The summed E-state index contributed by atoms with van der Waals surface area (Å²) in [6.45, 7) is 8.09. The van der Waals surface area contributed by atoms with Crippen molar-refractivity contribution in [3.8, 4) is 0 Å². The molecule has 1 aliphatic heterocycles. The summed E-state index contributed by atoms with van der Waals surface area (Å²) in [5.41, 5.74) is 1.73. The zero-order valence-corrected chi connectivity index (χ0v) is 13.0. The second-order valence-electron chi connectivity index (χ2n) is 6.23. The third-order valence-corrected chi connectivity index (χ3v) is 4.58. The maximum absolute atomic E-state index is 5.95. The van der Waals surface area contributed by atoms with Crippen LogP contribution in [0, 0.1) is 5.41 Å². The molecule has 2 nitrogen and oxygen atoms in total. The lowest BCUT2D eigenvalue weighted by Gasteiger charge is -2.39. The van der Waals surface area contributed by atoms with Gasteiger partial charge in [-0.2, -0.15) is 0 Å². The van der Waals surface area contributed by atoms with Gasteiger partial charge in [-0.3, -0.25) is 4.90 Å². The normalized spacial score (nSPS) is 25.5. The molecule has 0 amide bonds. The molecule has 1 aromatic carbocycles. The number of rotatable bonds is 4. The Morgan fingerprint density at radius 3 is 2.63 bits per heavy atom. The predicted octanol–water partition coefficient (Wildman–Crippen LogP) is 3.72. The summed E-state index contributed by atoms with van der Waals surface area (Å²) in [4.78, 5) is 2.45. The maximum Gasteiger partial charge on any atom is 0.0406 e. The molecule has 0 radical (unpaired) electrons. The SMILES string of the molecule is CC(c1ccc(Cl)cc1)N(C)CC1(C)CCCNC1. The standard InChI is InChI=1S/C16H25ClN2/c1-13(14-5-7-15(17)8-6-14)19(3)12-16(2)9-4-10-18-11-16/h5-8,13,18H,4,9-12H2,1-3H3. The van der Waals surface area contributed by atoms with E-state index in [1.807, 2.05) is 12.1 Å². The van der Waals surface area contributed by atoms with Gasteiger partial charge < -0.3 is 5.32 Å². The van der Waals surface area contributed by atoms with Crippen LogP contribution < -0.4 is 5.32 Å². The fraction of sp³-hybridized carbons (Fsp3) is 0.625. The van der Waals surface area contributed by atoms with Gasteiger partial charge in [0.15, 0.2) is 0 Å². The van der Waals surface area contributed by atoms with Gasteiger partial charge in [-0.1, -0.05) is 30.7 Å². The molecular formula is C16H25ClN2. The Morgan fingerprint density at radius 1 is 1.37 bits per heavy atom. The van der Waals surface area contributed by atoms with Crippen LogP contribution in [-0.4, -0.2) is 31.6 Å². The summed E-state index contributed by atoms with van der Waals surface area (Å²) in [6, 6.07) is 8.64. The van der Waals surface area contributed by atoms with Crippen LogP contribution in [0.3, 0.4) is 0 Å². The van der Waals surface area contributed by atoms with Crippen LogP contribution in [0.25, 0.3) is 0 Å². The summed E-state index contributed by atoms with van der Waals surface area (Å²) >= 11 is 5.95. The summed E-state index contributed by atoms with van der Waals surface area (Å²) in [5, 5.41) is 4.33. The number of halogens is 1. The second-order valence-corrected chi connectivity index (χ2v) is 6.67. The number of nitrogens with one attached hydrogen (secondary N) is 1. The first-order chi connectivity index (χ1) is 9.00. The van der Waals surface area contributed by atoms with Gasteiger partial charge in [0.2, 0.25) is 0 Å². The number of hydrogen-bond acceptors (Lipinski definition) is 2. The van der Waals surface area contributed by atoms with Crippen molar-refractivity contribution in [1.82, 2.24) is 10.2 Å². The van der Waals surface area contributed by atoms with E-state index in [4.69, 9.17) is 11.6 Å². The molecule has 1 aromatic rings. The molecule has 3 heteroatoms. The van der Waals surface area contributed by atoms with Gasteiger partial charge in [0, 0.05) is 24.2 Å². The first kappa shape index (κ1) is 14.8. The monoisotopic (exact) mass is 280 g/mol. The summed E-state index contributed by atoms with van der Waals surface area (Å²) in [7, 11) is 2.22. The Hall–Kier alpha value is -0.570. The minimum absolute atomic E-state index is 0.397. The lowest BCUT2D eigenvalue weighted by Crippen LogP contribution is -2.45. The average molecular weight is 281 g/mol. The molecule has 106 valence electrons. The highest BCUT2D eigenvalue weighted by molar-refractivity contribution is 6.30. The molecule has 1 N–H and O–H groups in total. The Balaban J connectivity index is 1.98. The van der Waals surface area contributed by atoms with Crippen LogP contribution in [0.15, 0.2) is 24.3 Å². The van der Waals surface area contributed by atoms with Gasteiger partial charge in [0.1, 0.15) is 0 Å². The predicted molar refractivity (Wildman–Crippen MR) is 82.7 cm³/mol. The van der Waals surface area contributed by atoms with E-state index in [1.54, 1.807) is 0 Å². The van der Waals surface area contributed by atoms with Crippen molar-refractivity contribution in [3.63, 3.8) is 0 Å². The summed E-state index contributed by atoms with van der Waals surface area (Å²) in [5.74, 6) is 0. The van der Waals surface area contributed by atoms with E-state index < -0.39 is 0 Å². The molecule has 1 aliphatic rings. The van der Waals surface area contributed by atoms with Gasteiger partial charge in [-0.25, -0.2) is 0 Å². The van der Waals surface area contributed by atoms with Crippen molar-refractivity contribution < 1.29 is 0 Å². The Morgan fingerprint density at radius 2 is 2.05 bits per heavy atom. The highest BCUT2D eigenvalue weighted by Gasteiger charge is 2.29. The Labute approximate surface area is 122 Å². The van der Waals surface area contributed by atoms with E-state index in [1.165, 1.54) is 24.9 Å². The van der Waals surface area contributed by atoms with E-state index in [0.29, 0.717) is 11.5 Å². The first-order valence-electron chi connectivity index (χ1n) is 7.17. The number of benzene rings is 1. The Kier molecular flexibility index (Phi) is 4.88. The zero-order valence-electron chi connectivity index (χ0n) is 12.2. The molecule has 1 saturated heterocycles. The third-order valence-electron chi connectivity index (χ3n) is 4.33. The largest absolute Gasteiger partial charge is 0.316 e. The highest BCUT2D eigenvalue weighted by atomic mass is 35.5. The van der Waals surface area contributed by atoms with Crippen LogP contribution in [0.4, 0.5) is 0 Å². The van der Waals surface area contributed by atoms with Crippen LogP contribution in [0.2, 0.25) is 5.02 Å². The maximum atomic E-state index is 5.95. The van der Waals surface area contributed by atoms with E-state index in [0.717, 1.165) is 18.1 Å². The molecule has 19 heavy (non-hydrogen) atoms. The average Bonchev–Trinajstić information content (AvgIpc) is 2.39. The molecule has 0 aliphatic carbocycles. The highest BCUT2D eigenvalue weighted by Crippen LogP contribution is 2.30. The van der Waals surface area contributed by atoms with E-state index >= 15 is 0 Å². The zero-order chi connectivity index (χ0) is 13.9. The third kappa shape index (κ3) is 3.95. The van der Waals surface area contributed by atoms with Crippen molar-refractivity contribution in [2.45, 2.75) is 32.7 Å². The van der Waals surface area contributed by atoms with Crippen LogP contribution in [0.5, 0.6) is 0 Å². The molecule has 2 atom stereocenters. The lowest BCUT2D eigenvalue weighted by molar-refractivity contribution is 0.127. The van der Waals surface area contributed by atoms with Crippen molar-refractivity contribution in [2.24, 2.45) is 5.41 Å². The van der Waals surface area contributed by atoms with E-state index in [2.05, 4.69) is 43.2 Å². The van der Waals surface area contributed by atoms with Gasteiger partial charge in [0.05, 0.1) is 0 Å². The van der Waals surface area contributed by atoms with Crippen LogP contribution in [0.1, 0.15) is 38.3 Å². The molecule has 2 unspecified atom stereocenters. The first-order valence-corrected chi connectivity index (χ1v) is 7.54. The summed E-state index contributed by atoms with van der Waals surface area (Å²) < 4.78 is 0. The van der Waals surface area contributed by atoms with Gasteiger partial charge in [-0.15, -0.1) is 0 Å². The molecular weight excluding hydrogens is 256 g/mol. The van der Waals surface area contributed by atoms with Gasteiger partial charge in [0.25, 0.3) is 0 Å². The minimum atomic E-state index is 0.397. The van der Waals surface area contributed by atoms with Crippen molar-refractivity contribution in [3.05, 3.63) is 34.9 Å². The molecule has 0 saturated carbocycles. The summed E-state index contributed by atoms with van der Waals surface area (Å²) in [6.07, 6.45) is 2.61. The number of hydrogen-bond donors (Lipinski definition) is 1. The number of nitrogens with zero attached hydrogens (tertiary/aromatic N) is 1. The fourth-order valence-electron chi connectivity index (χ4n) is 2.99. The second kappa shape index (κ2) is 6.25. The fourth-order valence-corrected chi connectivity index (χ4v) is 3.11. The van der Waals surface area contributed by atoms with E-state index in [9.17, 15) is 0 Å². The van der Waals surface area contributed by atoms with Gasteiger partial charge >= 0.3 is 0 Å². The molecule has 0 bridgehead atoms. The Bertz CT molecular complexity index is 396. The van der Waals surface area contributed by atoms with Crippen LogP contribution in [-0.2, 0) is 0 Å². The van der Waals surface area contributed by atoms with E-state index in [-0.39, 0.29) is 0 Å². The quantitative estimate of drug-likeness (QED) is 0.904. The number of piperidine rings is 1. The van der Waals surface area contributed by atoms with Crippen molar-refractivity contribution in [1.29, 1.82) is 0 Å². The van der Waals surface area contributed by atoms with Crippen molar-refractivity contribution >= 4 is 11.6 Å². The molecule has 2 rings (SSSR count). The molecule has 0 spiro atoms. The topological polar surface area (TPSA) is 15.3 Å². The lowest BCUT2D eigenvalue weighted by atomic mass is 9.82. The molecule has 1 fully saturated rings. The van der Waals surface area contributed by atoms with Crippen LogP contribution >= 0.6 is 11.6 Å². The molecule has 0 aromatic heterocycles. The van der Waals surface area contributed by atoms with Gasteiger partial charge in [-0.05, 0) is 56.5 Å². The minimum Gasteiger partial charge on any atom is -0.316 e. The smallest absolute Gasteiger partial charge is 0.0406 e. The van der Waals surface area contributed by atoms with Crippen molar-refractivity contribution in [2.75, 3.05) is 26.7 Å². The molecule has 1 heterocycles.